The van der Waals surface area contributed by atoms with Gasteiger partial charge < -0.3 is 5.73 Å². The van der Waals surface area contributed by atoms with Crippen LogP contribution in [0, 0.1) is 12.8 Å². The van der Waals surface area contributed by atoms with Crippen LogP contribution in [0.4, 0.5) is 0 Å². The number of nitrogens with zero attached hydrogens (tertiary/aromatic N) is 2. The number of aromatic nitrogens is 2. The standard InChI is InChI=1S/C13H21N3O2S/c1-8-11-6-10(7-14)4-5-12(11)16-13(15-8)9(2)19(3,17)18/h9-10H,4-7,14H2,1-3H3. The van der Waals surface area contributed by atoms with Gasteiger partial charge in [-0.2, -0.15) is 0 Å². The first kappa shape index (κ1) is 14.4. The van der Waals surface area contributed by atoms with Crippen molar-refractivity contribution in [2.45, 2.75) is 38.4 Å². The zero-order chi connectivity index (χ0) is 14.2. The number of rotatable bonds is 3. The van der Waals surface area contributed by atoms with Crippen molar-refractivity contribution >= 4 is 9.84 Å². The second-order valence-electron chi connectivity index (χ2n) is 5.41. The zero-order valence-electron chi connectivity index (χ0n) is 11.7. The Morgan fingerprint density at radius 1 is 1.42 bits per heavy atom. The number of aryl methyl sites for hydroxylation is 2. The highest BCUT2D eigenvalue weighted by Gasteiger charge is 2.26. The van der Waals surface area contributed by atoms with Crippen LogP contribution in [0.5, 0.6) is 0 Å². The molecule has 1 aliphatic carbocycles. The molecule has 0 fully saturated rings. The van der Waals surface area contributed by atoms with Gasteiger partial charge >= 0.3 is 0 Å². The molecule has 0 bridgehead atoms. The van der Waals surface area contributed by atoms with Gasteiger partial charge in [0.05, 0.1) is 0 Å². The summed E-state index contributed by atoms with van der Waals surface area (Å²) in [5, 5.41) is -0.649. The quantitative estimate of drug-likeness (QED) is 0.892. The first-order chi connectivity index (χ1) is 8.82. The van der Waals surface area contributed by atoms with Crippen LogP contribution < -0.4 is 5.73 Å². The molecule has 106 valence electrons. The highest BCUT2D eigenvalue weighted by atomic mass is 32.2. The van der Waals surface area contributed by atoms with Gasteiger partial charge in [0.15, 0.2) is 9.84 Å². The van der Waals surface area contributed by atoms with Crippen molar-refractivity contribution < 1.29 is 8.42 Å². The molecule has 0 spiro atoms. The molecular formula is C13H21N3O2S. The molecule has 1 heterocycles. The van der Waals surface area contributed by atoms with Crippen LogP contribution in [0.2, 0.25) is 0 Å². The van der Waals surface area contributed by atoms with Crippen molar-refractivity contribution in [1.29, 1.82) is 0 Å². The fraction of sp³-hybridized carbons (Fsp3) is 0.692. The number of hydrogen-bond donors (Lipinski definition) is 1. The van der Waals surface area contributed by atoms with Gasteiger partial charge in [0.2, 0.25) is 0 Å². The average molecular weight is 283 g/mol. The molecule has 6 heteroatoms. The van der Waals surface area contributed by atoms with E-state index >= 15 is 0 Å². The topological polar surface area (TPSA) is 85.9 Å². The second-order valence-corrected chi connectivity index (χ2v) is 7.77. The number of sulfone groups is 1. The molecular weight excluding hydrogens is 262 g/mol. The van der Waals surface area contributed by atoms with E-state index in [9.17, 15) is 8.42 Å². The van der Waals surface area contributed by atoms with Gasteiger partial charge in [-0.1, -0.05) is 0 Å². The number of fused-ring (bicyclic) bond motifs is 1. The Morgan fingerprint density at radius 2 is 2.11 bits per heavy atom. The third-order valence-corrected chi connectivity index (χ3v) is 5.43. The molecule has 0 saturated carbocycles. The Balaban J connectivity index is 2.41. The van der Waals surface area contributed by atoms with Crippen LogP contribution in [0.15, 0.2) is 0 Å². The largest absolute Gasteiger partial charge is 0.330 e. The summed E-state index contributed by atoms with van der Waals surface area (Å²) >= 11 is 0. The summed E-state index contributed by atoms with van der Waals surface area (Å²) in [5.74, 6) is 0.915. The molecule has 1 aromatic heterocycles. The lowest BCUT2D eigenvalue weighted by Crippen LogP contribution is -2.25. The van der Waals surface area contributed by atoms with Crippen molar-refractivity contribution in [3.05, 3.63) is 22.8 Å². The van der Waals surface area contributed by atoms with E-state index in [0.717, 1.165) is 36.2 Å². The van der Waals surface area contributed by atoms with Crippen molar-refractivity contribution in [3.8, 4) is 0 Å². The predicted octanol–water partition coefficient (Wildman–Crippen LogP) is 0.954. The molecule has 19 heavy (non-hydrogen) atoms. The normalized spacial score (nSPS) is 20.9. The maximum atomic E-state index is 11.6. The maximum Gasteiger partial charge on any atom is 0.157 e. The third-order valence-electron chi connectivity index (χ3n) is 3.94. The molecule has 2 unspecified atom stereocenters. The summed E-state index contributed by atoms with van der Waals surface area (Å²) in [5.41, 5.74) is 8.78. The van der Waals surface area contributed by atoms with E-state index in [4.69, 9.17) is 5.73 Å². The lowest BCUT2D eigenvalue weighted by molar-refractivity contribution is 0.458. The van der Waals surface area contributed by atoms with E-state index in [0.29, 0.717) is 18.3 Å². The van der Waals surface area contributed by atoms with Gasteiger partial charge in [-0.15, -0.1) is 0 Å². The summed E-state index contributed by atoms with van der Waals surface area (Å²) in [7, 11) is -3.16. The van der Waals surface area contributed by atoms with Gasteiger partial charge in [0.1, 0.15) is 11.1 Å². The predicted molar refractivity (Wildman–Crippen MR) is 74.6 cm³/mol. The van der Waals surface area contributed by atoms with Crippen LogP contribution >= 0.6 is 0 Å². The molecule has 2 N–H and O–H groups in total. The lowest BCUT2D eigenvalue weighted by Gasteiger charge is -2.24. The maximum absolute atomic E-state index is 11.6. The third kappa shape index (κ3) is 2.95. The summed E-state index contributed by atoms with van der Waals surface area (Å²) < 4.78 is 23.2. The molecule has 1 aromatic rings. The van der Waals surface area contributed by atoms with Crippen LogP contribution in [0.3, 0.4) is 0 Å². The SMILES string of the molecule is Cc1nc(C(C)S(C)(=O)=O)nc2c1CC(CN)CC2. The summed E-state index contributed by atoms with van der Waals surface area (Å²) in [6.07, 6.45) is 4.02. The number of nitrogens with two attached hydrogens (primary N) is 1. The minimum atomic E-state index is -3.16. The Labute approximate surface area is 114 Å². The van der Waals surface area contributed by atoms with Crippen molar-refractivity contribution in [2.75, 3.05) is 12.8 Å². The molecule has 0 amide bonds. The fourth-order valence-electron chi connectivity index (χ4n) is 2.46. The molecule has 0 radical (unpaired) electrons. The van der Waals surface area contributed by atoms with E-state index in [1.165, 1.54) is 6.26 Å². The van der Waals surface area contributed by atoms with E-state index in [2.05, 4.69) is 9.97 Å². The highest BCUT2D eigenvalue weighted by molar-refractivity contribution is 7.90. The average Bonchev–Trinajstić information content (AvgIpc) is 2.36. The van der Waals surface area contributed by atoms with Crippen LogP contribution in [0.25, 0.3) is 0 Å². The van der Waals surface area contributed by atoms with E-state index in [1.54, 1.807) is 6.92 Å². The minimum absolute atomic E-state index is 0.421. The summed E-state index contributed by atoms with van der Waals surface area (Å²) in [4.78, 5) is 8.87. The summed E-state index contributed by atoms with van der Waals surface area (Å²) in [6, 6.07) is 0. The first-order valence-electron chi connectivity index (χ1n) is 6.58. The van der Waals surface area contributed by atoms with Gasteiger partial charge in [-0.3, -0.25) is 0 Å². The fourth-order valence-corrected chi connectivity index (χ4v) is 2.95. The van der Waals surface area contributed by atoms with Gasteiger partial charge in [0, 0.05) is 17.6 Å². The van der Waals surface area contributed by atoms with Crippen molar-refractivity contribution in [2.24, 2.45) is 11.7 Å². The lowest BCUT2D eigenvalue weighted by atomic mass is 9.86. The highest BCUT2D eigenvalue weighted by Crippen LogP contribution is 2.27. The Kier molecular flexibility index (Phi) is 3.92. The molecule has 0 saturated heterocycles. The van der Waals surface area contributed by atoms with Crippen molar-refractivity contribution in [3.63, 3.8) is 0 Å². The first-order valence-corrected chi connectivity index (χ1v) is 8.53. The Morgan fingerprint density at radius 3 is 2.68 bits per heavy atom. The Bertz CT molecular complexity index is 584. The van der Waals surface area contributed by atoms with Crippen LogP contribution in [-0.2, 0) is 22.7 Å². The molecule has 2 atom stereocenters. The van der Waals surface area contributed by atoms with E-state index in [1.807, 2.05) is 6.92 Å². The monoisotopic (exact) mass is 283 g/mol. The van der Waals surface area contributed by atoms with Crippen LogP contribution in [-0.4, -0.2) is 31.2 Å². The molecule has 5 nitrogen and oxygen atoms in total. The van der Waals surface area contributed by atoms with Gasteiger partial charge in [0.25, 0.3) is 0 Å². The molecule has 2 rings (SSSR count). The number of hydrogen-bond acceptors (Lipinski definition) is 5. The van der Waals surface area contributed by atoms with E-state index < -0.39 is 15.1 Å². The second kappa shape index (κ2) is 5.17. The summed E-state index contributed by atoms with van der Waals surface area (Å²) in [6.45, 7) is 4.25. The Hall–Kier alpha value is -1.01. The van der Waals surface area contributed by atoms with Crippen molar-refractivity contribution in [1.82, 2.24) is 9.97 Å². The smallest absolute Gasteiger partial charge is 0.157 e. The molecule has 0 aliphatic heterocycles. The van der Waals surface area contributed by atoms with Gasteiger partial charge in [-0.25, -0.2) is 18.4 Å². The minimum Gasteiger partial charge on any atom is -0.330 e. The van der Waals surface area contributed by atoms with E-state index in [-0.39, 0.29) is 0 Å². The molecule has 0 aromatic carbocycles. The zero-order valence-corrected chi connectivity index (χ0v) is 12.5. The van der Waals surface area contributed by atoms with Gasteiger partial charge in [-0.05, 0) is 51.1 Å². The molecule has 1 aliphatic rings. The van der Waals surface area contributed by atoms with Crippen LogP contribution in [0.1, 0.15) is 41.4 Å².